The summed E-state index contributed by atoms with van der Waals surface area (Å²) in [5, 5.41) is 11.0. The molecule has 0 aromatic carbocycles. The Morgan fingerprint density at radius 2 is 2.08 bits per heavy atom. The molecule has 4 saturated carbocycles. The standard InChI is InChI=1S/C21H26NO2.Zn/c1-22-19(18(23)6-13-2-3-16-7-17(16)5-13)20-8-14-4-15(9-20)11-21(24,10-14)12-20;/h2,5,7,14-16,19,24H,1,3-4,6,8-12H2;/q-1;/t14?,15?,16-,19?,20?,21?;/m1./s1. The van der Waals surface area contributed by atoms with E-state index in [1.807, 2.05) is 0 Å². The van der Waals surface area contributed by atoms with Crippen LogP contribution in [-0.4, -0.2) is 29.3 Å². The molecular formula is C21H26NO2Zn-. The average Bonchev–Trinajstić information content (AvgIpc) is 3.23. The van der Waals surface area contributed by atoms with E-state index in [9.17, 15) is 9.90 Å². The molecule has 4 heteroatoms. The third-order valence-corrected chi connectivity index (χ3v) is 7.22. The molecule has 6 aliphatic carbocycles. The molecule has 4 bridgehead atoms. The average molecular weight is 390 g/mol. The minimum absolute atomic E-state index is 0. The van der Waals surface area contributed by atoms with Gasteiger partial charge in [0.05, 0.1) is 5.60 Å². The number of ketones is 1. The van der Waals surface area contributed by atoms with E-state index < -0.39 is 5.60 Å². The molecule has 0 heterocycles. The van der Waals surface area contributed by atoms with Gasteiger partial charge in [-0.2, -0.15) is 0 Å². The molecule has 25 heavy (non-hydrogen) atoms. The van der Waals surface area contributed by atoms with Gasteiger partial charge >= 0.3 is 0 Å². The molecule has 0 aromatic heterocycles. The number of aliphatic hydroxyl groups is 1. The van der Waals surface area contributed by atoms with Crippen molar-refractivity contribution in [2.45, 2.75) is 63.0 Å². The summed E-state index contributed by atoms with van der Waals surface area (Å²) in [6.07, 6.45) is 14.1. The van der Waals surface area contributed by atoms with Crippen molar-refractivity contribution >= 4 is 12.5 Å². The number of hydrogen-bond acceptors (Lipinski definition) is 3. The zero-order chi connectivity index (χ0) is 16.5. The number of fused-ring (bicyclic) bond motifs is 1. The fourth-order valence-electron chi connectivity index (χ4n) is 6.76. The Hall–Kier alpha value is -0.727. The van der Waals surface area contributed by atoms with Gasteiger partial charge in [-0.15, -0.1) is 5.57 Å². The van der Waals surface area contributed by atoms with Crippen molar-refractivity contribution in [3.63, 3.8) is 0 Å². The van der Waals surface area contributed by atoms with E-state index in [2.05, 4.69) is 30.3 Å². The van der Waals surface area contributed by atoms with E-state index >= 15 is 0 Å². The van der Waals surface area contributed by atoms with Crippen molar-refractivity contribution < 1.29 is 29.4 Å². The van der Waals surface area contributed by atoms with Gasteiger partial charge in [0.1, 0.15) is 6.04 Å². The first-order chi connectivity index (χ1) is 11.5. The Balaban J connectivity index is 0.00000157. The van der Waals surface area contributed by atoms with Crippen molar-refractivity contribution in [2.24, 2.45) is 28.2 Å². The fourth-order valence-corrected chi connectivity index (χ4v) is 6.76. The number of carbonyl (C=O) groups is 1. The van der Waals surface area contributed by atoms with Crippen LogP contribution in [0.3, 0.4) is 0 Å². The molecule has 0 spiro atoms. The number of aliphatic imine (C=N–C) groups is 1. The molecular weight excluding hydrogens is 364 g/mol. The number of nitrogens with zero attached hydrogens (tertiary/aromatic N) is 1. The van der Waals surface area contributed by atoms with E-state index in [1.54, 1.807) is 0 Å². The zero-order valence-corrected chi connectivity index (χ0v) is 17.9. The maximum Gasteiger partial charge on any atom is 0.159 e. The van der Waals surface area contributed by atoms with Crippen LogP contribution in [0.4, 0.5) is 0 Å². The zero-order valence-electron chi connectivity index (χ0n) is 14.9. The Morgan fingerprint density at radius 3 is 2.68 bits per heavy atom. The van der Waals surface area contributed by atoms with Crippen molar-refractivity contribution in [1.29, 1.82) is 0 Å². The predicted octanol–water partition coefficient (Wildman–Crippen LogP) is 3.43. The van der Waals surface area contributed by atoms with Crippen molar-refractivity contribution in [2.75, 3.05) is 0 Å². The Labute approximate surface area is 162 Å². The SMILES string of the molecule is C=NC(C(=O)CC1=CC2=C[C@H]2C[CH-]1)C12CC3CC(CC(O)(C3)C1)C2.[Zn]. The molecule has 4 fully saturated rings. The first kappa shape index (κ1) is 17.7. The van der Waals surface area contributed by atoms with E-state index in [1.165, 1.54) is 12.0 Å². The van der Waals surface area contributed by atoms with Gasteiger partial charge in [-0.05, 0) is 63.0 Å². The molecule has 0 aliphatic heterocycles. The van der Waals surface area contributed by atoms with E-state index in [0.717, 1.165) is 44.1 Å². The first-order valence-electron chi connectivity index (χ1n) is 9.45. The number of Topliss-reactive ketones (excluding diaryl/α,β-unsaturated/α-hetero) is 1. The van der Waals surface area contributed by atoms with Gasteiger partial charge in [0.15, 0.2) is 5.78 Å². The van der Waals surface area contributed by atoms with Crippen LogP contribution in [0.5, 0.6) is 0 Å². The Morgan fingerprint density at radius 1 is 1.36 bits per heavy atom. The first-order valence-corrected chi connectivity index (χ1v) is 9.45. The van der Waals surface area contributed by atoms with Gasteiger partial charge in [0, 0.05) is 31.3 Å². The maximum absolute atomic E-state index is 13.1. The summed E-state index contributed by atoms with van der Waals surface area (Å²) in [6, 6.07) is -0.338. The Kier molecular flexibility index (Phi) is 4.16. The summed E-state index contributed by atoms with van der Waals surface area (Å²) in [4.78, 5) is 17.4. The molecule has 6 aliphatic rings. The summed E-state index contributed by atoms with van der Waals surface area (Å²) >= 11 is 0. The normalized spacial score (nSPS) is 43.8. The van der Waals surface area contributed by atoms with Crippen LogP contribution in [0.1, 0.15) is 51.4 Å². The third kappa shape index (κ3) is 2.90. The summed E-state index contributed by atoms with van der Waals surface area (Å²) in [6.45, 7) is 3.78. The van der Waals surface area contributed by atoms with Gasteiger partial charge in [-0.25, -0.2) is 18.1 Å². The molecule has 0 radical (unpaired) electrons. The second-order valence-electron chi connectivity index (χ2n) is 9.21. The van der Waals surface area contributed by atoms with Crippen LogP contribution in [0, 0.1) is 29.6 Å². The van der Waals surface area contributed by atoms with Crippen molar-refractivity contribution in [3.05, 3.63) is 29.7 Å². The molecule has 130 valence electrons. The molecule has 1 N–H and O–H groups in total. The third-order valence-electron chi connectivity index (χ3n) is 7.22. The topological polar surface area (TPSA) is 49.7 Å². The minimum atomic E-state index is -0.546. The van der Waals surface area contributed by atoms with Crippen LogP contribution in [-0.2, 0) is 24.3 Å². The molecule has 0 saturated heterocycles. The monoisotopic (exact) mass is 388 g/mol. The van der Waals surface area contributed by atoms with Crippen molar-refractivity contribution in [3.8, 4) is 0 Å². The Bertz CT molecular complexity index is 665. The molecule has 0 aromatic rings. The van der Waals surface area contributed by atoms with Crippen LogP contribution in [0.2, 0.25) is 0 Å². The van der Waals surface area contributed by atoms with Gasteiger partial charge in [-0.1, -0.05) is 12.5 Å². The predicted molar refractivity (Wildman–Crippen MR) is 93.6 cm³/mol. The molecule has 3 nitrogen and oxygen atoms in total. The van der Waals surface area contributed by atoms with Gasteiger partial charge < -0.3 is 5.11 Å². The van der Waals surface area contributed by atoms with Gasteiger partial charge in [-0.3, -0.25) is 9.79 Å². The summed E-state index contributed by atoms with van der Waals surface area (Å²) in [7, 11) is 0. The second-order valence-corrected chi connectivity index (χ2v) is 9.21. The molecule has 3 unspecified atom stereocenters. The van der Waals surface area contributed by atoms with E-state index in [-0.39, 0.29) is 36.7 Å². The largest absolute Gasteiger partial charge is 0.390 e. The van der Waals surface area contributed by atoms with Gasteiger partial charge in [0.2, 0.25) is 0 Å². The van der Waals surface area contributed by atoms with Crippen LogP contribution in [0.25, 0.3) is 0 Å². The van der Waals surface area contributed by atoms with E-state index in [0.29, 0.717) is 24.2 Å². The van der Waals surface area contributed by atoms with Crippen LogP contribution in [0.15, 0.2) is 28.3 Å². The molecule has 6 rings (SSSR count). The maximum atomic E-state index is 13.1. The van der Waals surface area contributed by atoms with Gasteiger partial charge in [0.25, 0.3) is 0 Å². The summed E-state index contributed by atoms with van der Waals surface area (Å²) < 4.78 is 0. The van der Waals surface area contributed by atoms with Crippen molar-refractivity contribution in [1.82, 2.24) is 0 Å². The smallest absolute Gasteiger partial charge is 0.159 e. The summed E-state index contributed by atoms with van der Waals surface area (Å²) in [5.41, 5.74) is 1.87. The minimum Gasteiger partial charge on any atom is -0.390 e. The van der Waals surface area contributed by atoms with Crippen LogP contribution < -0.4 is 0 Å². The number of carbonyl (C=O) groups excluding carboxylic acids is 1. The van der Waals surface area contributed by atoms with E-state index in [4.69, 9.17) is 0 Å². The molecule has 4 atom stereocenters. The number of hydrogen-bond donors (Lipinski definition) is 1. The summed E-state index contributed by atoms with van der Waals surface area (Å²) in [5.74, 6) is 2.00. The second kappa shape index (κ2) is 5.89. The quantitative estimate of drug-likeness (QED) is 0.445. The van der Waals surface area contributed by atoms with Crippen LogP contribution >= 0.6 is 0 Å². The number of allylic oxidation sites excluding steroid dienone is 4. The number of rotatable bonds is 5. The molecule has 0 amide bonds. The fraction of sp³-hybridized carbons (Fsp3) is 0.667.